The Morgan fingerprint density at radius 2 is 1.50 bits per heavy atom. The van der Waals surface area contributed by atoms with Crippen LogP contribution in [0.3, 0.4) is 0 Å². The largest absolute Gasteiger partial charge is 0.496 e. The number of hydrogen-bond donors (Lipinski definition) is 0. The summed E-state index contributed by atoms with van der Waals surface area (Å²) in [6.07, 6.45) is 0. The Hall–Kier alpha value is -4.05. The molecule has 30 heavy (non-hydrogen) atoms. The molecule has 0 fully saturated rings. The minimum atomic E-state index is 0.509. The number of oxazole rings is 1. The average molecular weight is 391 g/mol. The van der Waals surface area contributed by atoms with Crippen molar-refractivity contribution in [3.05, 3.63) is 84.9 Å². The molecule has 4 aromatic carbocycles. The van der Waals surface area contributed by atoms with Crippen molar-refractivity contribution in [2.24, 2.45) is 0 Å². The van der Waals surface area contributed by atoms with Crippen molar-refractivity contribution in [1.82, 2.24) is 4.98 Å². The van der Waals surface area contributed by atoms with Crippen molar-refractivity contribution in [3.63, 3.8) is 0 Å². The maximum atomic E-state index is 6.08. The van der Waals surface area contributed by atoms with E-state index in [1.165, 1.54) is 0 Å². The van der Waals surface area contributed by atoms with Crippen LogP contribution >= 0.6 is 0 Å². The third kappa shape index (κ3) is 2.58. The average Bonchev–Trinajstić information content (AvgIpc) is 3.39. The summed E-state index contributed by atoms with van der Waals surface area (Å²) in [5.41, 5.74) is 6.17. The molecule has 6 rings (SSSR count). The molecule has 0 amide bonds. The van der Waals surface area contributed by atoms with Gasteiger partial charge >= 0.3 is 0 Å². The molecule has 0 saturated carbocycles. The van der Waals surface area contributed by atoms with Gasteiger partial charge < -0.3 is 13.6 Å². The van der Waals surface area contributed by atoms with Crippen LogP contribution in [0.4, 0.5) is 0 Å². The van der Waals surface area contributed by atoms with Crippen LogP contribution in [0.25, 0.3) is 55.6 Å². The predicted molar refractivity (Wildman–Crippen MR) is 119 cm³/mol. The number of methoxy groups -OCH3 is 1. The first-order chi connectivity index (χ1) is 14.8. The first kappa shape index (κ1) is 16.9. The lowest BCUT2D eigenvalue weighted by atomic mass is 10.1. The summed E-state index contributed by atoms with van der Waals surface area (Å²) in [7, 11) is 1.66. The molecule has 0 atom stereocenters. The Morgan fingerprint density at radius 1 is 0.667 bits per heavy atom. The van der Waals surface area contributed by atoms with E-state index in [1.54, 1.807) is 7.11 Å². The molecule has 2 aromatic heterocycles. The van der Waals surface area contributed by atoms with Gasteiger partial charge in [0.05, 0.1) is 12.7 Å². The number of furan rings is 1. The van der Waals surface area contributed by atoms with Crippen LogP contribution in [0, 0.1) is 0 Å². The van der Waals surface area contributed by atoms with Gasteiger partial charge in [0, 0.05) is 10.8 Å². The summed E-state index contributed by atoms with van der Waals surface area (Å²) in [6, 6.07) is 28.2. The normalized spacial score (nSPS) is 11.5. The minimum absolute atomic E-state index is 0.509. The number of nitrogens with zero attached hydrogens (tertiary/aromatic N) is 1. The van der Waals surface area contributed by atoms with Crippen LogP contribution in [0.15, 0.2) is 93.8 Å². The number of aromatic nitrogens is 1. The topological polar surface area (TPSA) is 48.4 Å². The molecule has 0 radical (unpaired) electrons. The molecule has 0 bridgehead atoms. The van der Waals surface area contributed by atoms with Gasteiger partial charge in [-0.15, -0.1) is 0 Å². The highest BCUT2D eigenvalue weighted by atomic mass is 16.5. The molecular formula is C26H17NO3. The number of benzene rings is 4. The van der Waals surface area contributed by atoms with E-state index in [1.807, 2.05) is 72.8 Å². The zero-order chi connectivity index (χ0) is 20.1. The Labute approximate surface area is 172 Å². The molecule has 0 aliphatic heterocycles. The zero-order valence-corrected chi connectivity index (χ0v) is 16.3. The first-order valence-corrected chi connectivity index (χ1v) is 9.76. The van der Waals surface area contributed by atoms with Gasteiger partial charge in [-0.25, -0.2) is 4.98 Å². The van der Waals surface area contributed by atoms with Gasteiger partial charge in [0.25, 0.3) is 0 Å². The fourth-order valence-corrected chi connectivity index (χ4v) is 3.94. The SMILES string of the molecule is COc1cc2c(cc1-c1nc3cc(-c4ccccc4)ccc3o1)oc1ccccc12. The van der Waals surface area contributed by atoms with Crippen LogP contribution in [0.5, 0.6) is 5.75 Å². The van der Waals surface area contributed by atoms with Gasteiger partial charge in [-0.1, -0.05) is 54.6 Å². The summed E-state index contributed by atoms with van der Waals surface area (Å²) in [4.78, 5) is 4.75. The van der Waals surface area contributed by atoms with E-state index < -0.39 is 0 Å². The summed E-state index contributed by atoms with van der Waals surface area (Å²) in [5.74, 6) is 1.21. The molecule has 0 aliphatic rings. The van der Waals surface area contributed by atoms with Crippen LogP contribution in [0.2, 0.25) is 0 Å². The van der Waals surface area contributed by atoms with E-state index in [0.29, 0.717) is 11.6 Å². The number of hydrogen-bond acceptors (Lipinski definition) is 4. The Morgan fingerprint density at radius 3 is 2.37 bits per heavy atom. The Bertz CT molecular complexity index is 1530. The fraction of sp³-hybridized carbons (Fsp3) is 0.0385. The van der Waals surface area contributed by atoms with Crippen molar-refractivity contribution in [2.45, 2.75) is 0 Å². The van der Waals surface area contributed by atoms with Gasteiger partial charge in [0.2, 0.25) is 5.89 Å². The molecule has 0 aliphatic carbocycles. The highest BCUT2D eigenvalue weighted by molar-refractivity contribution is 6.06. The van der Waals surface area contributed by atoms with Gasteiger partial charge in [-0.2, -0.15) is 0 Å². The van der Waals surface area contributed by atoms with Crippen molar-refractivity contribution in [1.29, 1.82) is 0 Å². The standard InChI is InChI=1S/C26H17NO3/c1-28-24-14-19-18-9-5-6-10-22(18)29-25(19)15-20(24)26-27-21-13-17(11-12-23(21)30-26)16-7-3-2-4-8-16/h2-15H,1H3. The molecule has 144 valence electrons. The lowest BCUT2D eigenvalue weighted by Crippen LogP contribution is -1.88. The van der Waals surface area contributed by atoms with E-state index in [9.17, 15) is 0 Å². The molecular weight excluding hydrogens is 374 g/mol. The van der Waals surface area contributed by atoms with Crippen LogP contribution in [-0.4, -0.2) is 12.1 Å². The predicted octanol–water partition coefficient (Wildman–Crippen LogP) is 7.07. The maximum Gasteiger partial charge on any atom is 0.231 e. The highest BCUT2D eigenvalue weighted by Gasteiger charge is 2.18. The van der Waals surface area contributed by atoms with Crippen molar-refractivity contribution in [3.8, 4) is 28.3 Å². The number of rotatable bonds is 3. The highest BCUT2D eigenvalue weighted by Crippen LogP contribution is 2.39. The molecule has 0 N–H and O–H groups in total. The lowest BCUT2D eigenvalue weighted by molar-refractivity contribution is 0.415. The monoisotopic (exact) mass is 391 g/mol. The van der Waals surface area contributed by atoms with E-state index in [0.717, 1.165) is 49.7 Å². The summed E-state index contributed by atoms with van der Waals surface area (Å²) in [6.45, 7) is 0. The molecule has 2 heterocycles. The minimum Gasteiger partial charge on any atom is -0.496 e. The van der Waals surface area contributed by atoms with Gasteiger partial charge in [0.1, 0.15) is 22.4 Å². The second-order valence-corrected chi connectivity index (χ2v) is 7.21. The van der Waals surface area contributed by atoms with Gasteiger partial charge in [0.15, 0.2) is 5.58 Å². The summed E-state index contributed by atoms with van der Waals surface area (Å²) < 4.78 is 17.8. The van der Waals surface area contributed by atoms with Crippen LogP contribution < -0.4 is 4.74 Å². The number of para-hydroxylation sites is 1. The third-order valence-electron chi connectivity index (χ3n) is 5.42. The fourth-order valence-electron chi connectivity index (χ4n) is 3.94. The van der Waals surface area contributed by atoms with Crippen molar-refractivity contribution < 1.29 is 13.6 Å². The van der Waals surface area contributed by atoms with Crippen molar-refractivity contribution >= 4 is 33.0 Å². The van der Waals surface area contributed by atoms with Crippen LogP contribution in [0.1, 0.15) is 0 Å². The van der Waals surface area contributed by atoms with E-state index in [2.05, 4.69) is 12.1 Å². The molecule has 6 aromatic rings. The molecule has 4 heteroatoms. The van der Waals surface area contributed by atoms with E-state index >= 15 is 0 Å². The lowest BCUT2D eigenvalue weighted by Gasteiger charge is -2.05. The Kier molecular flexibility index (Phi) is 3.65. The second kappa shape index (κ2) is 6.49. The van der Waals surface area contributed by atoms with Crippen molar-refractivity contribution in [2.75, 3.05) is 7.11 Å². The zero-order valence-electron chi connectivity index (χ0n) is 16.3. The Balaban J connectivity index is 1.53. The summed E-state index contributed by atoms with van der Waals surface area (Å²) in [5, 5.41) is 2.07. The van der Waals surface area contributed by atoms with Crippen LogP contribution in [-0.2, 0) is 0 Å². The maximum absolute atomic E-state index is 6.08. The van der Waals surface area contributed by atoms with E-state index in [4.69, 9.17) is 18.6 Å². The van der Waals surface area contributed by atoms with Gasteiger partial charge in [-0.05, 0) is 41.5 Å². The first-order valence-electron chi connectivity index (χ1n) is 9.76. The smallest absolute Gasteiger partial charge is 0.231 e. The second-order valence-electron chi connectivity index (χ2n) is 7.21. The number of fused-ring (bicyclic) bond motifs is 4. The van der Waals surface area contributed by atoms with Gasteiger partial charge in [-0.3, -0.25) is 0 Å². The molecule has 0 saturated heterocycles. The third-order valence-corrected chi connectivity index (χ3v) is 5.42. The molecule has 0 spiro atoms. The quantitative estimate of drug-likeness (QED) is 0.324. The van der Waals surface area contributed by atoms with E-state index in [-0.39, 0.29) is 0 Å². The molecule has 0 unspecified atom stereocenters. The summed E-state index contributed by atoms with van der Waals surface area (Å²) >= 11 is 0. The molecule has 4 nitrogen and oxygen atoms in total. The number of ether oxygens (including phenoxy) is 1.